The Kier molecular flexibility index (Phi) is 13.2. The molecule has 4 aromatic rings. The quantitative estimate of drug-likeness (QED) is 0.109. The van der Waals surface area contributed by atoms with Crippen LogP contribution in [-0.4, -0.2) is 31.6 Å². The molecule has 0 radical (unpaired) electrons. The van der Waals surface area contributed by atoms with Gasteiger partial charge in [0.1, 0.15) is 0 Å². The molecule has 0 aromatic heterocycles. The summed E-state index contributed by atoms with van der Waals surface area (Å²) in [6.07, 6.45) is 8.67. The highest BCUT2D eigenvalue weighted by Gasteiger charge is 2.14. The molecule has 1 atom stereocenters. The van der Waals surface area contributed by atoms with Crippen LogP contribution in [0.3, 0.4) is 0 Å². The lowest BCUT2D eigenvalue weighted by Gasteiger charge is -2.19. The van der Waals surface area contributed by atoms with Crippen LogP contribution in [0.15, 0.2) is 121 Å². The van der Waals surface area contributed by atoms with E-state index in [4.69, 9.17) is 4.55 Å². The second-order valence-corrected chi connectivity index (χ2v) is 14.5. The zero-order chi connectivity index (χ0) is 27.1. The van der Waals surface area contributed by atoms with E-state index in [2.05, 4.69) is 121 Å². The molecule has 0 aliphatic heterocycles. The predicted molar refractivity (Wildman–Crippen MR) is 168 cm³/mol. The van der Waals surface area contributed by atoms with Crippen molar-refractivity contribution in [2.24, 2.45) is 0 Å². The molecule has 0 aliphatic rings. The smallest absolute Gasteiger partial charge is 0.261 e. The number of benzene rings is 4. The summed E-state index contributed by atoms with van der Waals surface area (Å²) in [6.45, 7) is 0. The normalized spacial score (nSPS) is 11.6. The molecule has 200 valence electrons. The van der Waals surface area contributed by atoms with Crippen LogP contribution in [-0.2, 0) is 10.1 Å². The molecular formula is C32H38O3P2S. The van der Waals surface area contributed by atoms with Gasteiger partial charge in [-0.15, -0.1) is 8.58 Å². The summed E-state index contributed by atoms with van der Waals surface area (Å²) in [5.41, 5.74) is 3.45. The fourth-order valence-electron chi connectivity index (χ4n) is 4.34. The molecule has 4 aromatic carbocycles. The third-order valence-electron chi connectivity index (χ3n) is 6.06. The van der Waals surface area contributed by atoms with E-state index in [-0.39, 0.29) is 7.92 Å². The monoisotopic (exact) mass is 564 g/mol. The zero-order valence-corrected chi connectivity index (χ0v) is 24.7. The van der Waals surface area contributed by atoms with Gasteiger partial charge in [-0.2, -0.15) is 8.42 Å². The van der Waals surface area contributed by atoms with Gasteiger partial charge in [-0.3, -0.25) is 4.55 Å². The first kappa shape index (κ1) is 30.2. The Bertz CT molecular complexity index is 1100. The van der Waals surface area contributed by atoms with Gasteiger partial charge < -0.3 is 0 Å². The first-order valence-corrected chi connectivity index (χ1v) is 17.7. The van der Waals surface area contributed by atoms with Crippen molar-refractivity contribution < 1.29 is 13.0 Å². The van der Waals surface area contributed by atoms with Crippen LogP contribution in [0.1, 0.15) is 42.5 Å². The van der Waals surface area contributed by atoms with Gasteiger partial charge in [0.25, 0.3) is 10.1 Å². The molecule has 0 saturated heterocycles. The van der Waals surface area contributed by atoms with Gasteiger partial charge in [0.05, 0.1) is 6.26 Å². The minimum Gasteiger partial charge on any atom is -0.286 e. The minimum atomic E-state index is -3.67. The van der Waals surface area contributed by atoms with Crippen LogP contribution in [0, 0.1) is 0 Å². The summed E-state index contributed by atoms with van der Waals surface area (Å²) < 4.78 is 25.9. The molecule has 4 rings (SSSR count). The molecular weight excluding hydrogens is 526 g/mol. The van der Waals surface area contributed by atoms with Gasteiger partial charge in [0, 0.05) is 5.66 Å². The largest absolute Gasteiger partial charge is 0.286 e. The molecule has 0 heterocycles. The van der Waals surface area contributed by atoms with E-state index < -0.39 is 10.1 Å². The maximum absolute atomic E-state index is 9.19. The first-order valence-electron chi connectivity index (χ1n) is 13.0. The third kappa shape index (κ3) is 11.6. The molecule has 38 heavy (non-hydrogen) atoms. The highest BCUT2D eigenvalue weighted by molar-refractivity contribution is 7.85. The van der Waals surface area contributed by atoms with Crippen molar-refractivity contribution in [3.63, 3.8) is 0 Å². The topological polar surface area (TPSA) is 54.4 Å². The second kappa shape index (κ2) is 16.6. The van der Waals surface area contributed by atoms with Gasteiger partial charge in [-0.1, -0.05) is 134 Å². The Hall–Kier alpha value is -2.35. The highest BCUT2D eigenvalue weighted by atomic mass is 32.2. The molecule has 0 aliphatic carbocycles. The van der Waals surface area contributed by atoms with Gasteiger partial charge in [0.15, 0.2) is 0 Å². The molecule has 0 saturated carbocycles. The van der Waals surface area contributed by atoms with Crippen LogP contribution in [0.25, 0.3) is 0 Å². The van der Waals surface area contributed by atoms with Crippen LogP contribution in [0.5, 0.6) is 0 Å². The SMILES string of the molecule is CS(=O)(=O)O.c1ccc(C(PCCCCCCP(c2ccccc2)c2ccccc2)c2ccccc2)cc1. The standard InChI is InChI=1S/C31H34P2.CH4O3S/c1(2-16-26-33(29-21-11-5-12-22-29)30-23-13-6-14-24-30)15-25-32-31(27-17-7-3-8-18-27)28-19-9-4-10-20-28;1-5(2,3)4/h3-14,17-24,31-32H,1-2,15-16,25-26H2;1H3,(H,2,3,4). The molecule has 1 N–H and O–H groups in total. The fraction of sp³-hybridized carbons (Fsp3) is 0.250. The Labute approximate surface area is 232 Å². The average Bonchev–Trinajstić information content (AvgIpc) is 2.93. The first-order chi connectivity index (χ1) is 18.4. The van der Waals surface area contributed by atoms with Crippen molar-refractivity contribution in [1.29, 1.82) is 0 Å². The second-order valence-electron chi connectivity index (χ2n) is 9.18. The van der Waals surface area contributed by atoms with E-state index in [0.29, 0.717) is 11.9 Å². The molecule has 0 bridgehead atoms. The molecule has 0 spiro atoms. The Morgan fingerprint density at radius 3 is 1.42 bits per heavy atom. The highest BCUT2D eigenvalue weighted by Crippen LogP contribution is 2.41. The van der Waals surface area contributed by atoms with Crippen molar-refractivity contribution in [1.82, 2.24) is 0 Å². The molecule has 6 heteroatoms. The number of hydrogen-bond acceptors (Lipinski definition) is 2. The number of rotatable bonds is 12. The van der Waals surface area contributed by atoms with Gasteiger partial charge in [0.2, 0.25) is 0 Å². The summed E-state index contributed by atoms with van der Waals surface area (Å²) in [6, 6.07) is 44.3. The van der Waals surface area contributed by atoms with E-state index in [1.807, 2.05) is 0 Å². The predicted octanol–water partition coefficient (Wildman–Crippen LogP) is 7.65. The van der Waals surface area contributed by atoms with Gasteiger partial charge in [-0.25, -0.2) is 0 Å². The molecule has 0 amide bonds. The summed E-state index contributed by atoms with van der Waals surface area (Å²) >= 11 is 0. The molecule has 0 fully saturated rings. The number of hydrogen-bond donors (Lipinski definition) is 1. The number of unbranched alkanes of at least 4 members (excludes halogenated alkanes) is 3. The fourth-order valence-corrected chi connectivity index (χ4v) is 8.35. The van der Waals surface area contributed by atoms with E-state index in [1.165, 1.54) is 59.7 Å². The lowest BCUT2D eigenvalue weighted by Crippen LogP contribution is -2.13. The summed E-state index contributed by atoms with van der Waals surface area (Å²) in [7, 11) is -2.97. The summed E-state index contributed by atoms with van der Waals surface area (Å²) in [5, 5.41) is 3.02. The summed E-state index contributed by atoms with van der Waals surface area (Å²) in [5.74, 6) is 0. The van der Waals surface area contributed by atoms with E-state index in [9.17, 15) is 8.42 Å². The van der Waals surface area contributed by atoms with E-state index in [1.54, 1.807) is 0 Å². The van der Waals surface area contributed by atoms with Crippen LogP contribution >= 0.6 is 16.5 Å². The minimum absolute atomic E-state index is 0.245. The van der Waals surface area contributed by atoms with E-state index >= 15 is 0 Å². The Balaban J connectivity index is 0.000000732. The van der Waals surface area contributed by atoms with Crippen molar-refractivity contribution in [2.75, 3.05) is 18.6 Å². The summed E-state index contributed by atoms with van der Waals surface area (Å²) in [4.78, 5) is 0. The van der Waals surface area contributed by atoms with Crippen LogP contribution in [0.2, 0.25) is 0 Å². The van der Waals surface area contributed by atoms with Crippen molar-refractivity contribution >= 4 is 37.2 Å². The lowest BCUT2D eigenvalue weighted by atomic mass is 10.0. The average molecular weight is 565 g/mol. The van der Waals surface area contributed by atoms with Crippen LogP contribution in [0.4, 0.5) is 0 Å². The maximum Gasteiger partial charge on any atom is 0.261 e. The van der Waals surface area contributed by atoms with Crippen molar-refractivity contribution in [3.8, 4) is 0 Å². The Morgan fingerprint density at radius 1 is 0.632 bits per heavy atom. The Morgan fingerprint density at radius 2 is 1.00 bits per heavy atom. The van der Waals surface area contributed by atoms with Gasteiger partial charge >= 0.3 is 0 Å². The van der Waals surface area contributed by atoms with Crippen molar-refractivity contribution in [3.05, 3.63) is 132 Å². The van der Waals surface area contributed by atoms with E-state index in [0.717, 1.165) is 8.58 Å². The van der Waals surface area contributed by atoms with Crippen LogP contribution < -0.4 is 10.6 Å². The van der Waals surface area contributed by atoms with Crippen molar-refractivity contribution in [2.45, 2.75) is 31.3 Å². The van der Waals surface area contributed by atoms with Gasteiger partial charge in [-0.05, 0) is 54.8 Å². The lowest BCUT2D eigenvalue weighted by molar-refractivity contribution is 0.490. The maximum atomic E-state index is 9.19. The molecule has 3 nitrogen and oxygen atoms in total. The zero-order valence-electron chi connectivity index (χ0n) is 22.0. The molecule has 1 unspecified atom stereocenters. The third-order valence-corrected chi connectivity index (χ3v) is 10.4.